The van der Waals surface area contributed by atoms with Crippen LogP contribution in [0.4, 0.5) is 13.2 Å². The predicted octanol–water partition coefficient (Wildman–Crippen LogP) is 2.42. The molecule has 2 aromatic carbocycles. The first-order chi connectivity index (χ1) is 13.5. The molecule has 0 aliphatic carbocycles. The first kappa shape index (κ1) is 21.8. The van der Waals surface area contributed by atoms with Crippen LogP contribution in [0.1, 0.15) is 11.1 Å². The van der Waals surface area contributed by atoms with Crippen molar-refractivity contribution in [3.05, 3.63) is 58.9 Å². The van der Waals surface area contributed by atoms with Crippen molar-refractivity contribution < 1.29 is 30.0 Å². The number of benzene rings is 2. The number of sulfonamides is 2. The molecule has 1 saturated heterocycles. The molecule has 11 heteroatoms. The zero-order valence-corrected chi connectivity index (χ0v) is 17.3. The molecular weight excluding hydrogens is 429 g/mol. The summed E-state index contributed by atoms with van der Waals surface area (Å²) in [4.78, 5) is -0.845. The average molecular weight is 448 g/mol. The second-order valence-electron chi connectivity index (χ2n) is 6.75. The topological polar surface area (TPSA) is 74.8 Å². The van der Waals surface area contributed by atoms with Crippen LogP contribution in [0.15, 0.2) is 40.1 Å². The van der Waals surface area contributed by atoms with Crippen LogP contribution in [-0.4, -0.2) is 51.6 Å². The van der Waals surface area contributed by atoms with Crippen LogP contribution < -0.4 is 0 Å². The molecule has 0 bridgehead atoms. The summed E-state index contributed by atoms with van der Waals surface area (Å²) in [6.45, 7) is 2.63. The summed E-state index contributed by atoms with van der Waals surface area (Å²) < 4.78 is 93.6. The van der Waals surface area contributed by atoms with E-state index in [4.69, 9.17) is 0 Å². The first-order valence-corrected chi connectivity index (χ1v) is 11.6. The maximum atomic E-state index is 14.0. The van der Waals surface area contributed by atoms with Crippen LogP contribution in [0.25, 0.3) is 0 Å². The molecule has 0 spiro atoms. The molecule has 1 aliphatic heterocycles. The minimum atomic E-state index is -4.45. The van der Waals surface area contributed by atoms with E-state index in [9.17, 15) is 30.0 Å². The predicted molar refractivity (Wildman–Crippen MR) is 99.7 cm³/mol. The van der Waals surface area contributed by atoms with Crippen molar-refractivity contribution in [3.63, 3.8) is 0 Å². The van der Waals surface area contributed by atoms with Crippen molar-refractivity contribution in [1.29, 1.82) is 0 Å². The van der Waals surface area contributed by atoms with Gasteiger partial charge in [0.2, 0.25) is 20.0 Å². The van der Waals surface area contributed by atoms with E-state index >= 15 is 0 Å². The van der Waals surface area contributed by atoms with Crippen molar-refractivity contribution in [3.8, 4) is 0 Å². The Bertz CT molecular complexity index is 1160. The lowest BCUT2D eigenvalue weighted by Gasteiger charge is -2.33. The fourth-order valence-corrected chi connectivity index (χ4v) is 6.33. The average Bonchev–Trinajstić information content (AvgIpc) is 2.68. The Hall–Kier alpha value is -1.95. The minimum absolute atomic E-state index is 0.139. The van der Waals surface area contributed by atoms with E-state index in [0.717, 1.165) is 14.2 Å². The van der Waals surface area contributed by atoms with Gasteiger partial charge in [-0.25, -0.2) is 30.0 Å². The highest BCUT2D eigenvalue weighted by molar-refractivity contribution is 7.89. The second-order valence-corrected chi connectivity index (χ2v) is 10.6. The van der Waals surface area contributed by atoms with Gasteiger partial charge in [-0.1, -0.05) is 12.1 Å². The van der Waals surface area contributed by atoms with E-state index < -0.39 is 42.4 Å². The third kappa shape index (κ3) is 3.91. The maximum Gasteiger partial charge on any atom is 0.246 e. The van der Waals surface area contributed by atoms with Gasteiger partial charge >= 0.3 is 0 Å². The van der Waals surface area contributed by atoms with Gasteiger partial charge in [0.1, 0.15) is 4.90 Å². The quantitative estimate of drug-likeness (QED) is 0.674. The van der Waals surface area contributed by atoms with Gasteiger partial charge in [-0.05, 0) is 43.2 Å². The molecule has 0 aromatic heterocycles. The van der Waals surface area contributed by atoms with Gasteiger partial charge in [0.05, 0.1) is 4.90 Å². The lowest BCUT2D eigenvalue weighted by molar-refractivity contribution is 0.271. The Morgan fingerprint density at radius 1 is 0.724 bits per heavy atom. The normalized spacial score (nSPS) is 16.9. The largest absolute Gasteiger partial charge is 0.246 e. The van der Waals surface area contributed by atoms with Crippen molar-refractivity contribution in [2.45, 2.75) is 23.6 Å². The third-order valence-corrected chi connectivity index (χ3v) is 8.73. The summed E-state index contributed by atoms with van der Waals surface area (Å²) in [7, 11) is -8.29. The van der Waals surface area contributed by atoms with Gasteiger partial charge in [0, 0.05) is 26.2 Å². The molecule has 158 valence electrons. The summed E-state index contributed by atoms with van der Waals surface area (Å²) in [6, 6.07) is 6.21. The summed E-state index contributed by atoms with van der Waals surface area (Å²) in [5.74, 6) is -5.16. The minimum Gasteiger partial charge on any atom is -0.207 e. The number of aryl methyl sites for hydroxylation is 2. The number of hydrogen-bond acceptors (Lipinski definition) is 4. The molecular formula is C18H19F3N2O4S2. The molecule has 0 radical (unpaired) electrons. The van der Waals surface area contributed by atoms with Crippen LogP contribution in [0.2, 0.25) is 0 Å². The van der Waals surface area contributed by atoms with E-state index in [1.807, 2.05) is 0 Å². The van der Waals surface area contributed by atoms with Gasteiger partial charge in [-0.3, -0.25) is 0 Å². The summed E-state index contributed by atoms with van der Waals surface area (Å²) in [5, 5.41) is 0. The van der Waals surface area contributed by atoms with Crippen LogP contribution in [0.3, 0.4) is 0 Å². The zero-order chi connectivity index (χ0) is 21.6. The second kappa shape index (κ2) is 7.71. The Labute approximate surface area is 167 Å². The van der Waals surface area contributed by atoms with Gasteiger partial charge < -0.3 is 0 Å². The molecule has 29 heavy (non-hydrogen) atoms. The Kier molecular flexibility index (Phi) is 5.78. The number of halogens is 3. The maximum absolute atomic E-state index is 14.0. The Morgan fingerprint density at radius 3 is 1.79 bits per heavy atom. The molecule has 0 unspecified atom stereocenters. The first-order valence-electron chi connectivity index (χ1n) is 8.67. The Balaban J connectivity index is 1.83. The summed E-state index contributed by atoms with van der Waals surface area (Å²) >= 11 is 0. The number of nitrogens with zero attached hydrogens (tertiary/aromatic N) is 2. The SMILES string of the molecule is Cc1ccc(C)c(S(=O)(=O)N2CCN(S(=O)(=O)c3ccc(F)c(F)c3F)CC2)c1. The van der Waals surface area contributed by atoms with Crippen molar-refractivity contribution in [2.75, 3.05) is 26.2 Å². The molecule has 0 saturated carbocycles. The number of rotatable bonds is 4. The fourth-order valence-electron chi connectivity index (χ4n) is 3.12. The molecule has 0 N–H and O–H groups in total. The van der Waals surface area contributed by atoms with E-state index in [-0.39, 0.29) is 31.1 Å². The van der Waals surface area contributed by atoms with Gasteiger partial charge in [-0.15, -0.1) is 0 Å². The lowest BCUT2D eigenvalue weighted by atomic mass is 10.2. The van der Waals surface area contributed by atoms with Gasteiger partial charge in [0.25, 0.3) is 0 Å². The van der Waals surface area contributed by atoms with Gasteiger partial charge in [0.15, 0.2) is 17.5 Å². The molecule has 6 nitrogen and oxygen atoms in total. The highest BCUT2D eigenvalue weighted by atomic mass is 32.2. The molecule has 1 fully saturated rings. The van der Waals surface area contributed by atoms with Crippen molar-refractivity contribution in [2.24, 2.45) is 0 Å². The summed E-state index contributed by atoms with van der Waals surface area (Å²) in [6.07, 6.45) is 0. The highest BCUT2D eigenvalue weighted by Gasteiger charge is 2.36. The highest BCUT2D eigenvalue weighted by Crippen LogP contribution is 2.26. The molecule has 1 heterocycles. The standard InChI is InChI=1S/C18H19F3N2O4S2/c1-12-3-4-13(2)16(11-12)29(26,27)23-9-7-22(8-10-23)28(24,25)15-6-5-14(19)17(20)18(15)21/h3-6,11H,7-10H2,1-2H3. The molecule has 2 aromatic rings. The van der Waals surface area contributed by atoms with Crippen LogP contribution in [0.5, 0.6) is 0 Å². The fraction of sp³-hybridized carbons (Fsp3) is 0.333. The zero-order valence-electron chi connectivity index (χ0n) is 15.7. The monoisotopic (exact) mass is 448 g/mol. The van der Waals surface area contributed by atoms with E-state index in [1.165, 1.54) is 0 Å². The smallest absolute Gasteiger partial charge is 0.207 e. The van der Waals surface area contributed by atoms with Crippen LogP contribution >= 0.6 is 0 Å². The third-order valence-electron chi connectivity index (χ3n) is 4.78. The molecule has 0 atom stereocenters. The Morgan fingerprint density at radius 2 is 1.24 bits per heavy atom. The van der Waals surface area contributed by atoms with E-state index in [0.29, 0.717) is 17.7 Å². The van der Waals surface area contributed by atoms with E-state index in [2.05, 4.69) is 0 Å². The number of piperazine rings is 1. The van der Waals surface area contributed by atoms with Crippen LogP contribution in [-0.2, 0) is 20.0 Å². The summed E-state index contributed by atoms with van der Waals surface area (Å²) in [5.41, 5.74) is 1.33. The molecule has 1 aliphatic rings. The number of hydrogen-bond donors (Lipinski definition) is 0. The van der Waals surface area contributed by atoms with Crippen molar-refractivity contribution >= 4 is 20.0 Å². The molecule has 0 amide bonds. The van der Waals surface area contributed by atoms with Crippen LogP contribution in [0, 0.1) is 31.3 Å². The van der Waals surface area contributed by atoms with E-state index in [1.54, 1.807) is 32.0 Å². The van der Waals surface area contributed by atoms with Gasteiger partial charge in [-0.2, -0.15) is 8.61 Å². The molecule has 3 rings (SSSR count). The van der Waals surface area contributed by atoms with Crippen molar-refractivity contribution in [1.82, 2.24) is 8.61 Å². The lowest BCUT2D eigenvalue weighted by Crippen LogP contribution is -2.50.